The first-order valence-corrected chi connectivity index (χ1v) is 9.89. The average molecular weight is 394 g/mol. The molecule has 0 radical (unpaired) electrons. The lowest BCUT2D eigenvalue weighted by molar-refractivity contribution is -0.135. The van der Waals surface area contributed by atoms with Crippen molar-refractivity contribution in [1.29, 1.82) is 0 Å². The Morgan fingerprint density at radius 2 is 2.14 bits per heavy atom. The monoisotopic (exact) mass is 394 g/mol. The van der Waals surface area contributed by atoms with Gasteiger partial charge < -0.3 is 20.1 Å². The summed E-state index contributed by atoms with van der Waals surface area (Å²) in [4.78, 5) is 21.9. The minimum absolute atomic E-state index is 0.0783. The molecule has 2 aromatic rings. The van der Waals surface area contributed by atoms with Crippen molar-refractivity contribution in [3.8, 4) is 5.88 Å². The maximum atomic E-state index is 12.8. The molecule has 0 bridgehead atoms. The molecular formula is C22H26N4O3. The van der Waals surface area contributed by atoms with Crippen molar-refractivity contribution in [3.63, 3.8) is 0 Å². The Balaban J connectivity index is 1.54. The smallest absolute Gasteiger partial charge is 0.257 e. The van der Waals surface area contributed by atoms with E-state index in [2.05, 4.69) is 20.6 Å². The number of nitrogens with zero attached hydrogens (tertiary/aromatic N) is 2. The number of aromatic nitrogens is 1. The zero-order chi connectivity index (χ0) is 20.4. The molecule has 2 N–H and O–H groups in total. The van der Waals surface area contributed by atoms with Crippen LogP contribution >= 0.6 is 0 Å². The Bertz CT molecular complexity index is 932. The van der Waals surface area contributed by atoms with Crippen LogP contribution < -0.4 is 15.4 Å². The number of amides is 1. The second-order valence-electron chi connectivity index (χ2n) is 7.67. The highest BCUT2D eigenvalue weighted by Gasteiger charge is 2.41. The molecule has 0 unspecified atom stereocenters. The zero-order valence-electron chi connectivity index (χ0n) is 17.0. The van der Waals surface area contributed by atoms with Gasteiger partial charge in [0.25, 0.3) is 5.91 Å². The van der Waals surface area contributed by atoms with Gasteiger partial charge in [-0.3, -0.25) is 9.79 Å². The van der Waals surface area contributed by atoms with E-state index in [-0.39, 0.29) is 12.0 Å². The summed E-state index contributed by atoms with van der Waals surface area (Å²) in [6.07, 6.45) is 2.51. The molecule has 1 atom stereocenters. The molecule has 3 heterocycles. The summed E-state index contributed by atoms with van der Waals surface area (Å²) in [5.74, 6) is 0.469. The van der Waals surface area contributed by atoms with E-state index < -0.39 is 5.60 Å². The van der Waals surface area contributed by atoms with Crippen molar-refractivity contribution in [1.82, 2.24) is 10.3 Å². The molecule has 7 nitrogen and oxygen atoms in total. The Hall–Kier alpha value is -2.77. The fraction of sp³-hybridized carbons (Fsp3) is 0.409. The highest BCUT2D eigenvalue weighted by Crippen LogP contribution is 2.28. The van der Waals surface area contributed by atoms with Gasteiger partial charge in [0.1, 0.15) is 0 Å². The first-order valence-electron chi connectivity index (χ1n) is 9.89. The first-order chi connectivity index (χ1) is 14.0. The number of aliphatic imine (C=N–C) groups is 1. The van der Waals surface area contributed by atoms with Crippen LogP contribution in [0.5, 0.6) is 5.88 Å². The zero-order valence-corrected chi connectivity index (χ0v) is 17.0. The van der Waals surface area contributed by atoms with E-state index in [0.717, 1.165) is 34.6 Å². The van der Waals surface area contributed by atoms with E-state index in [1.807, 2.05) is 44.2 Å². The molecule has 2 aliphatic heterocycles. The lowest BCUT2D eigenvalue weighted by atomic mass is 9.99. The topological polar surface area (TPSA) is 84.8 Å². The highest BCUT2D eigenvalue weighted by molar-refractivity contribution is 6.15. The third kappa shape index (κ3) is 3.88. The number of carbonyl (C=O) groups excluding carboxylic acids is 1. The third-order valence-electron chi connectivity index (χ3n) is 5.32. The van der Waals surface area contributed by atoms with E-state index in [1.54, 1.807) is 13.3 Å². The lowest BCUT2D eigenvalue weighted by Gasteiger charge is -2.25. The molecule has 29 heavy (non-hydrogen) atoms. The van der Waals surface area contributed by atoms with Gasteiger partial charge in [-0.25, -0.2) is 4.98 Å². The molecule has 152 valence electrons. The van der Waals surface area contributed by atoms with Crippen LogP contribution in [0.4, 0.5) is 5.69 Å². The van der Waals surface area contributed by atoms with Gasteiger partial charge in [0, 0.05) is 42.7 Å². The van der Waals surface area contributed by atoms with Gasteiger partial charge in [0.15, 0.2) is 5.60 Å². The van der Waals surface area contributed by atoms with Crippen LogP contribution in [-0.4, -0.2) is 48.5 Å². The van der Waals surface area contributed by atoms with E-state index in [9.17, 15) is 4.79 Å². The van der Waals surface area contributed by atoms with E-state index in [1.165, 1.54) is 0 Å². The van der Waals surface area contributed by atoms with Crippen molar-refractivity contribution in [2.45, 2.75) is 38.5 Å². The predicted molar refractivity (Wildman–Crippen MR) is 112 cm³/mol. The van der Waals surface area contributed by atoms with Crippen molar-refractivity contribution in [3.05, 3.63) is 53.2 Å². The number of fused-ring (bicyclic) bond motifs is 1. The summed E-state index contributed by atoms with van der Waals surface area (Å²) in [6, 6.07) is 9.73. The van der Waals surface area contributed by atoms with Gasteiger partial charge >= 0.3 is 0 Å². The maximum absolute atomic E-state index is 12.8. The Morgan fingerprint density at radius 1 is 1.28 bits per heavy atom. The molecular weight excluding hydrogens is 368 g/mol. The SMILES string of the molecule is CO[C@@]1(C(=O)Nc2ccc3c(c2)C(c2ccc(OC(C)C)nc2)=NC3)CCNC1. The predicted octanol–water partition coefficient (Wildman–Crippen LogP) is 2.54. The van der Waals surface area contributed by atoms with Gasteiger partial charge in [0.2, 0.25) is 5.88 Å². The molecule has 1 amide bonds. The summed E-state index contributed by atoms with van der Waals surface area (Å²) in [5, 5.41) is 6.21. The van der Waals surface area contributed by atoms with Gasteiger partial charge in [0.05, 0.1) is 18.4 Å². The number of hydrogen-bond acceptors (Lipinski definition) is 6. The van der Waals surface area contributed by atoms with Crippen molar-refractivity contribution < 1.29 is 14.3 Å². The van der Waals surface area contributed by atoms with Crippen molar-refractivity contribution in [2.24, 2.45) is 4.99 Å². The van der Waals surface area contributed by atoms with Gasteiger partial charge in [-0.05, 0) is 50.6 Å². The second-order valence-corrected chi connectivity index (χ2v) is 7.67. The fourth-order valence-corrected chi connectivity index (χ4v) is 3.72. The van der Waals surface area contributed by atoms with Crippen LogP contribution in [0.25, 0.3) is 0 Å². The molecule has 0 spiro atoms. The highest BCUT2D eigenvalue weighted by atomic mass is 16.5. The summed E-state index contributed by atoms with van der Waals surface area (Å²) >= 11 is 0. The van der Waals surface area contributed by atoms with Gasteiger partial charge in [-0.2, -0.15) is 0 Å². The van der Waals surface area contributed by atoms with Crippen LogP contribution in [-0.2, 0) is 16.1 Å². The van der Waals surface area contributed by atoms with Crippen molar-refractivity contribution >= 4 is 17.3 Å². The Labute approximate surface area is 170 Å². The fourth-order valence-electron chi connectivity index (χ4n) is 3.72. The maximum Gasteiger partial charge on any atom is 0.257 e. The molecule has 7 heteroatoms. The molecule has 1 aromatic carbocycles. The van der Waals surface area contributed by atoms with Gasteiger partial charge in [-0.1, -0.05) is 6.07 Å². The molecule has 4 rings (SSSR count). The Kier molecular flexibility index (Phi) is 5.34. The van der Waals surface area contributed by atoms with Crippen LogP contribution in [0.1, 0.15) is 37.0 Å². The number of methoxy groups -OCH3 is 1. The minimum atomic E-state index is -0.813. The average Bonchev–Trinajstić information content (AvgIpc) is 3.36. The third-order valence-corrected chi connectivity index (χ3v) is 5.32. The van der Waals surface area contributed by atoms with Crippen LogP contribution in [0.2, 0.25) is 0 Å². The normalized spacial score (nSPS) is 20.5. The number of rotatable bonds is 6. The minimum Gasteiger partial charge on any atom is -0.475 e. The number of pyridine rings is 1. The van der Waals surface area contributed by atoms with Crippen LogP contribution in [0.15, 0.2) is 41.5 Å². The second kappa shape index (κ2) is 7.93. The summed E-state index contributed by atoms with van der Waals surface area (Å²) in [5.41, 5.74) is 3.87. The summed E-state index contributed by atoms with van der Waals surface area (Å²) in [6.45, 7) is 5.85. The molecule has 0 saturated carbocycles. The molecule has 1 fully saturated rings. The standard InChI is InChI=1S/C22H26N4O3/c1-14(2)29-19-7-5-16(12-24-19)20-18-10-17(6-4-15(18)11-25-20)26-21(27)22(28-3)8-9-23-13-22/h4-7,10,12,14,23H,8-9,11,13H2,1-3H3,(H,26,27)/t22-/m0/s1. The quantitative estimate of drug-likeness (QED) is 0.787. The molecule has 2 aliphatic rings. The Morgan fingerprint density at radius 3 is 2.79 bits per heavy atom. The number of carbonyl (C=O) groups is 1. The summed E-state index contributed by atoms with van der Waals surface area (Å²) in [7, 11) is 1.58. The number of ether oxygens (including phenoxy) is 2. The van der Waals surface area contributed by atoms with Gasteiger partial charge in [-0.15, -0.1) is 0 Å². The van der Waals surface area contributed by atoms with Crippen LogP contribution in [0.3, 0.4) is 0 Å². The van der Waals surface area contributed by atoms with E-state index >= 15 is 0 Å². The van der Waals surface area contributed by atoms with Crippen molar-refractivity contribution in [2.75, 3.05) is 25.5 Å². The lowest BCUT2D eigenvalue weighted by Crippen LogP contribution is -2.46. The largest absolute Gasteiger partial charge is 0.475 e. The number of nitrogens with one attached hydrogen (secondary N) is 2. The van der Waals surface area contributed by atoms with Crippen LogP contribution in [0, 0.1) is 0 Å². The van der Waals surface area contributed by atoms with E-state index in [4.69, 9.17) is 9.47 Å². The molecule has 1 saturated heterocycles. The molecule has 1 aromatic heterocycles. The van der Waals surface area contributed by atoms with E-state index in [0.29, 0.717) is 25.4 Å². The number of hydrogen-bond donors (Lipinski definition) is 2. The molecule has 0 aliphatic carbocycles. The number of benzene rings is 1. The summed E-state index contributed by atoms with van der Waals surface area (Å²) < 4.78 is 11.2. The number of anilines is 1. The first kappa shape index (κ1) is 19.5.